The zero-order valence-corrected chi connectivity index (χ0v) is 13.0. The Morgan fingerprint density at radius 1 is 1.20 bits per heavy atom. The van der Waals surface area contributed by atoms with Crippen molar-refractivity contribution in [1.82, 2.24) is 15.0 Å². The van der Waals surface area contributed by atoms with Gasteiger partial charge in [0.1, 0.15) is 21.7 Å². The molecule has 0 aliphatic heterocycles. The molecule has 0 saturated heterocycles. The minimum atomic E-state index is 0.858. The van der Waals surface area contributed by atoms with Crippen LogP contribution in [0.3, 0.4) is 0 Å². The summed E-state index contributed by atoms with van der Waals surface area (Å²) < 4.78 is 0. The van der Waals surface area contributed by atoms with Gasteiger partial charge in [0.2, 0.25) is 0 Å². The Kier molecular flexibility index (Phi) is 5.35. The number of hydrogen-bond donors (Lipinski definition) is 1. The van der Waals surface area contributed by atoms with Crippen LogP contribution < -0.4 is 5.32 Å². The maximum Gasteiger partial charge on any atom is 0.133 e. The molecule has 0 aliphatic rings. The molecule has 0 atom stereocenters. The third kappa shape index (κ3) is 3.70. The van der Waals surface area contributed by atoms with Crippen molar-refractivity contribution >= 4 is 17.6 Å². The van der Waals surface area contributed by atoms with E-state index in [-0.39, 0.29) is 0 Å². The third-order valence-electron chi connectivity index (χ3n) is 2.80. The maximum absolute atomic E-state index is 4.67. The normalized spacial score (nSPS) is 10.6. The summed E-state index contributed by atoms with van der Waals surface area (Å²) in [5.41, 5.74) is 1.09. The third-order valence-corrected chi connectivity index (χ3v) is 3.85. The molecule has 1 N–H and O–H groups in total. The van der Waals surface area contributed by atoms with Crippen LogP contribution >= 0.6 is 11.8 Å². The summed E-state index contributed by atoms with van der Waals surface area (Å²) in [6.07, 6.45) is 3.74. The van der Waals surface area contributed by atoms with Gasteiger partial charge in [0, 0.05) is 24.7 Å². The van der Waals surface area contributed by atoms with E-state index in [1.165, 1.54) is 0 Å². The fourth-order valence-corrected chi connectivity index (χ4v) is 2.68. The molecule has 20 heavy (non-hydrogen) atoms. The largest absolute Gasteiger partial charge is 0.370 e. The van der Waals surface area contributed by atoms with Gasteiger partial charge in [0.15, 0.2) is 0 Å². The van der Waals surface area contributed by atoms with Crippen LogP contribution in [0, 0.1) is 6.92 Å². The number of hydrogen-bond acceptors (Lipinski definition) is 5. The first-order chi connectivity index (χ1) is 9.74. The Hall–Kier alpha value is -1.62. The SMILES string of the molecule is CCCc1nc(NCC)c(C)c(Sc2ccccn2)n1. The van der Waals surface area contributed by atoms with Crippen molar-refractivity contribution in [2.24, 2.45) is 0 Å². The quantitative estimate of drug-likeness (QED) is 0.821. The summed E-state index contributed by atoms with van der Waals surface area (Å²) in [6, 6.07) is 5.91. The molecule has 4 nitrogen and oxygen atoms in total. The molecule has 2 aromatic rings. The van der Waals surface area contributed by atoms with Crippen molar-refractivity contribution in [1.29, 1.82) is 0 Å². The maximum atomic E-state index is 4.67. The molecular weight excluding hydrogens is 268 g/mol. The second kappa shape index (κ2) is 7.24. The molecule has 0 spiro atoms. The summed E-state index contributed by atoms with van der Waals surface area (Å²) in [7, 11) is 0. The predicted molar refractivity (Wildman–Crippen MR) is 83.3 cm³/mol. The number of aryl methyl sites for hydroxylation is 1. The Morgan fingerprint density at radius 3 is 2.70 bits per heavy atom. The minimum Gasteiger partial charge on any atom is -0.370 e. The van der Waals surface area contributed by atoms with E-state index >= 15 is 0 Å². The van der Waals surface area contributed by atoms with Crippen LogP contribution in [0.15, 0.2) is 34.4 Å². The zero-order chi connectivity index (χ0) is 14.4. The number of pyridine rings is 1. The summed E-state index contributed by atoms with van der Waals surface area (Å²) >= 11 is 1.59. The van der Waals surface area contributed by atoms with E-state index in [0.29, 0.717) is 0 Å². The van der Waals surface area contributed by atoms with Crippen LogP contribution in [0.1, 0.15) is 31.7 Å². The first kappa shape index (κ1) is 14.8. The number of nitrogens with one attached hydrogen (secondary N) is 1. The molecule has 0 radical (unpaired) electrons. The molecule has 2 heterocycles. The van der Waals surface area contributed by atoms with Crippen LogP contribution in [-0.4, -0.2) is 21.5 Å². The van der Waals surface area contributed by atoms with E-state index in [2.05, 4.69) is 41.0 Å². The van der Waals surface area contributed by atoms with Gasteiger partial charge in [-0.1, -0.05) is 13.0 Å². The molecule has 5 heteroatoms. The molecule has 106 valence electrons. The van der Waals surface area contributed by atoms with E-state index in [0.717, 1.165) is 46.6 Å². The number of rotatable bonds is 6. The predicted octanol–water partition coefficient (Wildman–Crippen LogP) is 3.72. The number of nitrogens with zero attached hydrogens (tertiary/aromatic N) is 3. The van der Waals surface area contributed by atoms with Crippen molar-refractivity contribution in [2.75, 3.05) is 11.9 Å². The van der Waals surface area contributed by atoms with Gasteiger partial charge in [-0.25, -0.2) is 15.0 Å². The number of aromatic nitrogens is 3. The molecule has 0 amide bonds. The van der Waals surface area contributed by atoms with Crippen molar-refractivity contribution in [3.63, 3.8) is 0 Å². The van der Waals surface area contributed by atoms with Gasteiger partial charge in [0.05, 0.1) is 0 Å². The van der Waals surface area contributed by atoms with Crippen molar-refractivity contribution in [2.45, 2.75) is 43.7 Å². The topological polar surface area (TPSA) is 50.7 Å². The standard InChI is InChI=1S/C15H20N4S/c1-4-8-12-18-14(16-5-2)11(3)15(19-12)20-13-9-6-7-10-17-13/h6-7,9-10H,4-5,8H2,1-3H3,(H,16,18,19). The van der Waals surface area contributed by atoms with Crippen LogP contribution in [0.2, 0.25) is 0 Å². The average molecular weight is 288 g/mol. The van der Waals surface area contributed by atoms with Gasteiger partial charge in [-0.05, 0) is 44.2 Å². The smallest absolute Gasteiger partial charge is 0.133 e. The Morgan fingerprint density at radius 2 is 2.05 bits per heavy atom. The molecule has 0 aromatic carbocycles. The van der Waals surface area contributed by atoms with Gasteiger partial charge in [0.25, 0.3) is 0 Å². The fraction of sp³-hybridized carbons (Fsp3) is 0.400. The first-order valence-corrected chi connectivity index (χ1v) is 7.76. The van der Waals surface area contributed by atoms with Crippen LogP contribution in [0.5, 0.6) is 0 Å². The summed E-state index contributed by atoms with van der Waals surface area (Å²) in [4.78, 5) is 13.6. The van der Waals surface area contributed by atoms with E-state index in [1.807, 2.05) is 18.2 Å². The molecule has 0 fully saturated rings. The van der Waals surface area contributed by atoms with Gasteiger partial charge in [-0.2, -0.15) is 0 Å². The Balaban J connectivity index is 2.34. The second-order valence-corrected chi connectivity index (χ2v) is 5.48. The molecule has 0 bridgehead atoms. The lowest BCUT2D eigenvalue weighted by Gasteiger charge is -2.12. The molecule has 2 rings (SSSR count). The molecular formula is C15H20N4S. The summed E-state index contributed by atoms with van der Waals surface area (Å²) in [5, 5.41) is 5.26. The van der Waals surface area contributed by atoms with E-state index < -0.39 is 0 Å². The van der Waals surface area contributed by atoms with E-state index in [9.17, 15) is 0 Å². The Bertz CT molecular complexity index is 557. The van der Waals surface area contributed by atoms with E-state index in [1.54, 1.807) is 18.0 Å². The highest BCUT2D eigenvalue weighted by Crippen LogP contribution is 2.30. The lowest BCUT2D eigenvalue weighted by atomic mass is 10.3. The molecule has 2 aromatic heterocycles. The van der Waals surface area contributed by atoms with Crippen molar-refractivity contribution < 1.29 is 0 Å². The van der Waals surface area contributed by atoms with Crippen molar-refractivity contribution in [3.05, 3.63) is 35.8 Å². The lowest BCUT2D eigenvalue weighted by molar-refractivity contribution is 0.801. The highest BCUT2D eigenvalue weighted by atomic mass is 32.2. The highest BCUT2D eigenvalue weighted by molar-refractivity contribution is 7.99. The molecule has 0 aliphatic carbocycles. The van der Waals surface area contributed by atoms with Crippen molar-refractivity contribution in [3.8, 4) is 0 Å². The summed E-state index contributed by atoms with van der Waals surface area (Å²) in [5.74, 6) is 1.83. The van der Waals surface area contributed by atoms with Crippen LogP contribution in [0.25, 0.3) is 0 Å². The average Bonchev–Trinajstić information content (AvgIpc) is 2.45. The van der Waals surface area contributed by atoms with Gasteiger partial charge in [-0.15, -0.1) is 0 Å². The lowest BCUT2D eigenvalue weighted by Crippen LogP contribution is -2.07. The van der Waals surface area contributed by atoms with Crippen LogP contribution in [-0.2, 0) is 6.42 Å². The first-order valence-electron chi connectivity index (χ1n) is 6.94. The summed E-state index contributed by atoms with van der Waals surface area (Å²) in [6.45, 7) is 7.13. The molecule has 0 unspecified atom stereocenters. The van der Waals surface area contributed by atoms with Crippen LogP contribution in [0.4, 0.5) is 5.82 Å². The fourth-order valence-electron chi connectivity index (χ4n) is 1.82. The number of anilines is 1. The van der Waals surface area contributed by atoms with E-state index in [4.69, 9.17) is 0 Å². The molecule has 0 saturated carbocycles. The van der Waals surface area contributed by atoms with Gasteiger partial charge >= 0.3 is 0 Å². The van der Waals surface area contributed by atoms with Gasteiger partial charge in [-0.3, -0.25) is 0 Å². The minimum absolute atomic E-state index is 0.858. The zero-order valence-electron chi connectivity index (χ0n) is 12.2. The Labute approximate surface area is 124 Å². The highest BCUT2D eigenvalue weighted by Gasteiger charge is 2.12. The monoisotopic (exact) mass is 288 g/mol. The van der Waals surface area contributed by atoms with Gasteiger partial charge < -0.3 is 5.32 Å². The second-order valence-electron chi connectivity index (χ2n) is 4.47.